The molecule has 0 unspecified atom stereocenters. The zero-order chi connectivity index (χ0) is 21.5. The largest absolute Gasteiger partial charge is 0.494 e. The molecule has 1 heterocycles. The second kappa shape index (κ2) is 9.98. The van der Waals surface area contributed by atoms with Crippen molar-refractivity contribution in [2.75, 3.05) is 25.1 Å². The highest BCUT2D eigenvalue weighted by molar-refractivity contribution is 8.18. The molecule has 1 N–H and O–H groups in total. The van der Waals surface area contributed by atoms with Gasteiger partial charge in [-0.25, -0.2) is 0 Å². The molecule has 1 aliphatic heterocycles. The Hall–Kier alpha value is -3.26. The number of rotatable bonds is 8. The summed E-state index contributed by atoms with van der Waals surface area (Å²) in [6, 6.07) is 14.1. The third kappa shape index (κ3) is 5.21. The maximum absolute atomic E-state index is 12.7. The number of hydrogen-bond acceptors (Lipinski definition) is 6. The summed E-state index contributed by atoms with van der Waals surface area (Å²) in [5.41, 5.74) is 1.25. The molecule has 3 amide bonds. The number of benzene rings is 2. The number of hydrogen-bond donors (Lipinski definition) is 1. The molecule has 2 aromatic carbocycles. The van der Waals surface area contributed by atoms with Crippen LogP contribution in [0.3, 0.4) is 0 Å². The highest BCUT2D eigenvalue weighted by atomic mass is 32.2. The molecule has 0 aromatic heterocycles. The summed E-state index contributed by atoms with van der Waals surface area (Å²) < 4.78 is 10.9. The fourth-order valence-electron chi connectivity index (χ4n) is 2.81. The van der Waals surface area contributed by atoms with Crippen molar-refractivity contribution in [3.05, 3.63) is 59.0 Å². The average Bonchev–Trinajstić information content (AvgIpc) is 2.99. The quantitative estimate of drug-likeness (QED) is 0.638. The normalized spacial score (nSPS) is 14.9. The fraction of sp³-hybridized carbons (Fsp3) is 0.227. The van der Waals surface area contributed by atoms with Crippen molar-refractivity contribution in [2.24, 2.45) is 0 Å². The molecule has 1 fully saturated rings. The molecule has 30 heavy (non-hydrogen) atoms. The predicted octanol–water partition coefficient (Wildman–Crippen LogP) is 4.16. The minimum absolute atomic E-state index is 0.251. The number of imide groups is 1. The van der Waals surface area contributed by atoms with Gasteiger partial charge in [-0.15, -0.1) is 0 Å². The van der Waals surface area contributed by atoms with E-state index in [0.29, 0.717) is 36.0 Å². The Balaban J connectivity index is 1.67. The van der Waals surface area contributed by atoms with E-state index in [9.17, 15) is 14.4 Å². The standard InChI is InChI=1S/C22H22N2O5S/c1-3-28-17-11-9-16(10-12-17)23-20(25)14-24-21(26)19(30-22(24)27)13-15-7-5-6-8-18(15)29-4-2/h5-13H,3-4,14H2,1-2H3,(H,23,25)/b19-13+. The van der Waals surface area contributed by atoms with Gasteiger partial charge in [0.15, 0.2) is 0 Å². The van der Waals surface area contributed by atoms with Gasteiger partial charge in [-0.2, -0.15) is 0 Å². The van der Waals surface area contributed by atoms with Crippen molar-refractivity contribution >= 4 is 40.6 Å². The third-order valence-electron chi connectivity index (χ3n) is 4.13. The Morgan fingerprint density at radius 2 is 1.73 bits per heavy atom. The number of thioether (sulfide) groups is 1. The van der Waals surface area contributed by atoms with Crippen molar-refractivity contribution in [3.63, 3.8) is 0 Å². The van der Waals surface area contributed by atoms with E-state index in [2.05, 4.69) is 5.32 Å². The number of ether oxygens (including phenoxy) is 2. The number of nitrogens with one attached hydrogen (secondary N) is 1. The number of anilines is 1. The molecule has 156 valence electrons. The average molecular weight is 426 g/mol. The van der Waals surface area contributed by atoms with Gasteiger partial charge in [0.2, 0.25) is 5.91 Å². The lowest BCUT2D eigenvalue weighted by molar-refractivity contribution is -0.127. The highest BCUT2D eigenvalue weighted by Crippen LogP contribution is 2.33. The molecule has 7 nitrogen and oxygen atoms in total. The first kappa shape index (κ1) is 21.4. The van der Waals surface area contributed by atoms with Gasteiger partial charge in [-0.1, -0.05) is 18.2 Å². The van der Waals surface area contributed by atoms with E-state index >= 15 is 0 Å². The van der Waals surface area contributed by atoms with Crippen molar-refractivity contribution < 1.29 is 23.9 Å². The van der Waals surface area contributed by atoms with Crippen LogP contribution in [0.5, 0.6) is 11.5 Å². The third-order valence-corrected chi connectivity index (χ3v) is 5.04. The number of amides is 3. The van der Waals surface area contributed by atoms with Gasteiger partial charge in [0.1, 0.15) is 18.0 Å². The van der Waals surface area contributed by atoms with E-state index in [1.54, 1.807) is 42.5 Å². The smallest absolute Gasteiger partial charge is 0.294 e. The van der Waals surface area contributed by atoms with Gasteiger partial charge >= 0.3 is 0 Å². The first-order chi connectivity index (χ1) is 14.5. The fourth-order valence-corrected chi connectivity index (χ4v) is 3.64. The minimum atomic E-state index is -0.502. The maximum Gasteiger partial charge on any atom is 0.294 e. The molecule has 1 saturated heterocycles. The van der Waals surface area contributed by atoms with Gasteiger partial charge < -0.3 is 14.8 Å². The molecule has 1 aliphatic rings. The van der Waals surface area contributed by atoms with Crippen LogP contribution >= 0.6 is 11.8 Å². The Morgan fingerprint density at radius 3 is 2.43 bits per heavy atom. The second-order valence-electron chi connectivity index (χ2n) is 6.24. The number of carbonyl (C=O) groups is 3. The second-order valence-corrected chi connectivity index (χ2v) is 7.24. The Morgan fingerprint density at radius 1 is 1.03 bits per heavy atom. The van der Waals surface area contributed by atoms with Gasteiger partial charge in [0.25, 0.3) is 11.1 Å². The van der Waals surface area contributed by atoms with Crippen LogP contribution in [0, 0.1) is 0 Å². The summed E-state index contributed by atoms with van der Waals surface area (Å²) >= 11 is 0.806. The summed E-state index contributed by atoms with van der Waals surface area (Å²) in [5.74, 6) is 0.356. The molecule has 0 atom stereocenters. The van der Waals surface area contributed by atoms with Gasteiger partial charge in [-0.05, 0) is 62.0 Å². The van der Waals surface area contributed by atoms with Crippen LogP contribution in [0.2, 0.25) is 0 Å². The zero-order valence-corrected chi connectivity index (χ0v) is 17.5. The summed E-state index contributed by atoms with van der Waals surface area (Å²) in [6.07, 6.45) is 1.61. The van der Waals surface area contributed by atoms with E-state index in [-0.39, 0.29) is 11.4 Å². The van der Waals surface area contributed by atoms with Crippen molar-refractivity contribution in [3.8, 4) is 11.5 Å². The predicted molar refractivity (Wildman–Crippen MR) is 117 cm³/mol. The molecule has 8 heteroatoms. The van der Waals surface area contributed by atoms with Crippen molar-refractivity contribution in [1.82, 2.24) is 4.90 Å². The molecule has 2 aromatic rings. The van der Waals surface area contributed by atoms with E-state index in [4.69, 9.17) is 9.47 Å². The Labute approximate surface area is 179 Å². The van der Waals surface area contributed by atoms with E-state index in [1.165, 1.54) is 0 Å². The number of nitrogens with zero attached hydrogens (tertiary/aromatic N) is 1. The molecular formula is C22H22N2O5S. The van der Waals surface area contributed by atoms with Crippen LogP contribution in [0.15, 0.2) is 53.4 Å². The van der Waals surface area contributed by atoms with Crippen LogP contribution in [-0.4, -0.2) is 41.7 Å². The molecular weight excluding hydrogens is 404 g/mol. The molecule has 3 rings (SSSR count). The lowest BCUT2D eigenvalue weighted by Gasteiger charge is -2.13. The monoisotopic (exact) mass is 426 g/mol. The van der Waals surface area contributed by atoms with Gasteiger partial charge in [0.05, 0.1) is 18.1 Å². The summed E-state index contributed by atoms with van der Waals surface area (Å²) in [7, 11) is 0. The SMILES string of the molecule is CCOc1ccc(NC(=O)CN2C(=O)S/C(=C/c3ccccc3OCC)C2=O)cc1. The minimum Gasteiger partial charge on any atom is -0.494 e. The van der Waals surface area contributed by atoms with Crippen molar-refractivity contribution in [1.29, 1.82) is 0 Å². The lowest BCUT2D eigenvalue weighted by atomic mass is 10.2. The molecule has 0 bridgehead atoms. The number of para-hydroxylation sites is 1. The zero-order valence-electron chi connectivity index (χ0n) is 16.7. The van der Waals surface area contributed by atoms with Gasteiger partial charge in [-0.3, -0.25) is 19.3 Å². The van der Waals surface area contributed by atoms with Gasteiger partial charge in [0, 0.05) is 11.3 Å². The van der Waals surface area contributed by atoms with Crippen molar-refractivity contribution in [2.45, 2.75) is 13.8 Å². The first-order valence-corrected chi connectivity index (χ1v) is 10.3. The van der Waals surface area contributed by atoms with E-state index in [0.717, 1.165) is 16.7 Å². The topological polar surface area (TPSA) is 84.9 Å². The molecule has 0 aliphatic carbocycles. The van der Waals surface area contributed by atoms with Crippen LogP contribution in [0.25, 0.3) is 6.08 Å². The van der Waals surface area contributed by atoms with E-state index in [1.807, 2.05) is 26.0 Å². The van der Waals surface area contributed by atoms with Crippen LogP contribution in [-0.2, 0) is 9.59 Å². The summed E-state index contributed by atoms with van der Waals surface area (Å²) in [5, 5.41) is 2.20. The summed E-state index contributed by atoms with van der Waals surface area (Å²) in [4.78, 5) is 38.5. The molecule has 0 saturated carbocycles. The maximum atomic E-state index is 12.7. The molecule has 0 spiro atoms. The van der Waals surface area contributed by atoms with Crippen LogP contribution in [0.1, 0.15) is 19.4 Å². The number of carbonyl (C=O) groups excluding carboxylic acids is 3. The van der Waals surface area contributed by atoms with Crippen LogP contribution in [0.4, 0.5) is 10.5 Å². The lowest BCUT2D eigenvalue weighted by Crippen LogP contribution is -2.36. The summed E-state index contributed by atoms with van der Waals surface area (Å²) in [6.45, 7) is 4.43. The Bertz CT molecular complexity index is 972. The molecule has 0 radical (unpaired) electrons. The van der Waals surface area contributed by atoms with E-state index < -0.39 is 17.1 Å². The Kier molecular flexibility index (Phi) is 7.13. The first-order valence-electron chi connectivity index (χ1n) is 9.51. The van der Waals surface area contributed by atoms with Crippen LogP contribution < -0.4 is 14.8 Å². The highest BCUT2D eigenvalue weighted by Gasteiger charge is 2.36.